The molecule has 2 N–H and O–H groups in total. The number of aromatic nitrogens is 1. The molecule has 1 heterocycles. The van der Waals surface area contributed by atoms with Crippen molar-refractivity contribution in [3.8, 4) is 0 Å². The molecule has 1 aromatic carbocycles. The van der Waals surface area contributed by atoms with Gasteiger partial charge in [0, 0.05) is 26.1 Å². The van der Waals surface area contributed by atoms with Crippen molar-refractivity contribution >= 4 is 17.0 Å². The Morgan fingerprint density at radius 2 is 2.33 bits per heavy atom. The van der Waals surface area contributed by atoms with Gasteiger partial charge in [-0.1, -0.05) is 6.07 Å². The van der Waals surface area contributed by atoms with Gasteiger partial charge in [0.2, 0.25) is 5.91 Å². The van der Waals surface area contributed by atoms with E-state index in [-0.39, 0.29) is 11.9 Å². The molecule has 0 aliphatic rings. The van der Waals surface area contributed by atoms with Crippen molar-refractivity contribution in [3.05, 3.63) is 30.2 Å². The average Bonchev–Trinajstić information content (AvgIpc) is 2.75. The number of oxazole rings is 1. The van der Waals surface area contributed by atoms with Crippen molar-refractivity contribution in [1.82, 2.24) is 9.88 Å². The molecule has 0 saturated heterocycles. The maximum atomic E-state index is 11.8. The van der Waals surface area contributed by atoms with Crippen LogP contribution in [0.5, 0.6) is 0 Å². The number of rotatable bonds is 4. The lowest BCUT2D eigenvalue weighted by molar-refractivity contribution is -0.130. The summed E-state index contributed by atoms with van der Waals surface area (Å²) in [5.74, 6) is 0.0441. The van der Waals surface area contributed by atoms with Crippen molar-refractivity contribution in [2.75, 3.05) is 7.05 Å². The van der Waals surface area contributed by atoms with Crippen molar-refractivity contribution < 1.29 is 9.21 Å². The van der Waals surface area contributed by atoms with Crippen LogP contribution in [0.3, 0.4) is 0 Å². The minimum absolute atomic E-state index is 0.0441. The summed E-state index contributed by atoms with van der Waals surface area (Å²) in [5, 5.41) is 0. The van der Waals surface area contributed by atoms with Gasteiger partial charge < -0.3 is 15.1 Å². The van der Waals surface area contributed by atoms with Gasteiger partial charge in [-0.25, -0.2) is 4.98 Å². The maximum absolute atomic E-state index is 11.8. The fourth-order valence-electron chi connectivity index (χ4n) is 1.79. The normalized spacial score (nSPS) is 12.6. The van der Waals surface area contributed by atoms with Gasteiger partial charge >= 0.3 is 0 Å². The molecule has 0 bridgehead atoms. The Hall–Kier alpha value is -1.88. The van der Waals surface area contributed by atoms with Crippen molar-refractivity contribution in [2.45, 2.75) is 25.9 Å². The van der Waals surface area contributed by atoms with Crippen LogP contribution in [0.4, 0.5) is 0 Å². The van der Waals surface area contributed by atoms with Crippen molar-refractivity contribution in [2.24, 2.45) is 5.73 Å². The van der Waals surface area contributed by atoms with Crippen LogP contribution in [0.25, 0.3) is 11.1 Å². The Kier molecular flexibility index (Phi) is 3.62. The lowest BCUT2D eigenvalue weighted by atomic mass is 10.2. The Balaban J connectivity index is 2.06. The standard InChI is InChI=1S/C13H17N3O2/c1-9(14)5-13(17)16(2)7-10-3-4-11-12(6-10)18-8-15-11/h3-4,6,8-9H,5,7,14H2,1-2H3. The SMILES string of the molecule is CC(N)CC(=O)N(C)Cc1ccc2ncoc2c1. The van der Waals surface area contributed by atoms with Crippen molar-refractivity contribution in [3.63, 3.8) is 0 Å². The topological polar surface area (TPSA) is 72.4 Å². The first-order chi connectivity index (χ1) is 8.56. The summed E-state index contributed by atoms with van der Waals surface area (Å²) in [4.78, 5) is 17.5. The molecule has 1 aromatic heterocycles. The first-order valence-electron chi connectivity index (χ1n) is 5.88. The molecule has 1 unspecified atom stereocenters. The molecule has 0 saturated carbocycles. The number of carbonyl (C=O) groups is 1. The Bertz CT molecular complexity index is 548. The number of fused-ring (bicyclic) bond motifs is 1. The molecule has 0 fully saturated rings. The smallest absolute Gasteiger partial charge is 0.224 e. The summed E-state index contributed by atoms with van der Waals surface area (Å²) in [7, 11) is 1.77. The zero-order valence-corrected chi connectivity index (χ0v) is 10.6. The lowest BCUT2D eigenvalue weighted by Gasteiger charge is -2.18. The van der Waals surface area contributed by atoms with Crippen molar-refractivity contribution in [1.29, 1.82) is 0 Å². The van der Waals surface area contributed by atoms with Crippen LogP contribution in [0.2, 0.25) is 0 Å². The van der Waals surface area contributed by atoms with E-state index in [1.807, 2.05) is 25.1 Å². The van der Waals surface area contributed by atoms with E-state index in [2.05, 4.69) is 4.98 Å². The molecule has 5 nitrogen and oxygen atoms in total. The van der Waals surface area contributed by atoms with Gasteiger partial charge in [0.25, 0.3) is 0 Å². The predicted molar refractivity (Wildman–Crippen MR) is 68.7 cm³/mol. The van der Waals surface area contributed by atoms with Crippen LogP contribution in [-0.2, 0) is 11.3 Å². The number of nitrogens with zero attached hydrogens (tertiary/aromatic N) is 2. The van der Waals surface area contributed by atoms with Gasteiger partial charge in [0.15, 0.2) is 12.0 Å². The number of hydrogen-bond acceptors (Lipinski definition) is 4. The van der Waals surface area contributed by atoms with Gasteiger partial charge in [0.05, 0.1) is 0 Å². The molecule has 0 spiro atoms. The molecule has 18 heavy (non-hydrogen) atoms. The summed E-state index contributed by atoms with van der Waals surface area (Å²) in [6, 6.07) is 5.62. The Labute approximate surface area is 106 Å². The number of hydrogen-bond donors (Lipinski definition) is 1. The maximum Gasteiger partial charge on any atom is 0.224 e. The third-order valence-corrected chi connectivity index (χ3v) is 2.74. The van der Waals surface area contributed by atoms with Crippen LogP contribution in [0.15, 0.2) is 29.0 Å². The average molecular weight is 247 g/mol. The zero-order chi connectivity index (χ0) is 13.1. The second-order valence-corrected chi connectivity index (χ2v) is 4.59. The molecule has 0 aliphatic carbocycles. The summed E-state index contributed by atoms with van der Waals surface area (Å²) >= 11 is 0. The van der Waals surface area contributed by atoms with E-state index in [1.54, 1.807) is 11.9 Å². The van der Waals surface area contributed by atoms with E-state index in [0.29, 0.717) is 13.0 Å². The molecule has 0 radical (unpaired) electrons. The van der Waals surface area contributed by atoms with E-state index in [0.717, 1.165) is 16.7 Å². The van der Waals surface area contributed by atoms with Gasteiger partial charge in [-0.15, -0.1) is 0 Å². The quantitative estimate of drug-likeness (QED) is 0.889. The molecule has 1 atom stereocenters. The predicted octanol–water partition coefficient (Wildman–Crippen LogP) is 1.52. The molecular formula is C13H17N3O2. The third-order valence-electron chi connectivity index (χ3n) is 2.74. The Morgan fingerprint density at radius 1 is 1.56 bits per heavy atom. The first-order valence-corrected chi connectivity index (χ1v) is 5.88. The summed E-state index contributed by atoms with van der Waals surface area (Å²) < 4.78 is 5.23. The fourth-order valence-corrected chi connectivity index (χ4v) is 1.79. The minimum Gasteiger partial charge on any atom is -0.443 e. The monoisotopic (exact) mass is 247 g/mol. The summed E-state index contributed by atoms with van der Waals surface area (Å²) in [5.41, 5.74) is 8.19. The van der Waals surface area contributed by atoms with E-state index >= 15 is 0 Å². The molecule has 2 rings (SSSR count). The fraction of sp³-hybridized carbons (Fsp3) is 0.385. The molecule has 1 amide bonds. The molecule has 5 heteroatoms. The highest BCUT2D eigenvalue weighted by Gasteiger charge is 2.11. The number of carbonyl (C=O) groups excluding carboxylic acids is 1. The van der Waals surface area contributed by atoms with Gasteiger partial charge in [-0.3, -0.25) is 4.79 Å². The number of nitrogens with two attached hydrogens (primary N) is 1. The second kappa shape index (κ2) is 5.18. The summed E-state index contributed by atoms with van der Waals surface area (Å²) in [6.45, 7) is 2.37. The van der Waals surface area contributed by atoms with E-state index < -0.39 is 0 Å². The van der Waals surface area contributed by atoms with E-state index in [9.17, 15) is 4.79 Å². The number of amides is 1. The highest BCUT2D eigenvalue weighted by atomic mass is 16.3. The summed E-state index contributed by atoms with van der Waals surface area (Å²) in [6.07, 6.45) is 1.78. The molecule has 2 aromatic rings. The molecular weight excluding hydrogens is 230 g/mol. The van der Waals surface area contributed by atoms with Crippen LogP contribution < -0.4 is 5.73 Å². The van der Waals surface area contributed by atoms with Gasteiger partial charge in [0.1, 0.15) is 5.52 Å². The third kappa shape index (κ3) is 2.87. The van der Waals surface area contributed by atoms with E-state index in [4.69, 9.17) is 10.2 Å². The minimum atomic E-state index is -0.114. The molecule has 0 aliphatic heterocycles. The molecule has 96 valence electrons. The second-order valence-electron chi connectivity index (χ2n) is 4.59. The lowest BCUT2D eigenvalue weighted by Crippen LogP contribution is -2.31. The first kappa shape index (κ1) is 12.6. The highest BCUT2D eigenvalue weighted by Crippen LogP contribution is 2.15. The van der Waals surface area contributed by atoms with Crippen LogP contribution in [0, 0.1) is 0 Å². The zero-order valence-electron chi connectivity index (χ0n) is 10.6. The largest absolute Gasteiger partial charge is 0.443 e. The number of benzene rings is 1. The van der Waals surface area contributed by atoms with Crippen LogP contribution in [0.1, 0.15) is 18.9 Å². The van der Waals surface area contributed by atoms with E-state index in [1.165, 1.54) is 6.39 Å². The van der Waals surface area contributed by atoms with Crippen LogP contribution in [-0.4, -0.2) is 28.9 Å². The highest BCUT2D eigenvalue weighted by molar-refractivity contribution is 5.77. The Morgan fingerprint density at radius 3 is 3.06 bits per heavy atom. The van der Waals surface area contributed by atoms with Gasteiger partial charge in [-0.05, 0) is 24.6 Å². The van der Waals surface area contributed by atoms with Gasteiger partial charge in [-0.2, -0.15) is 0 Å². The van der Waals surface area contributed by atoms with Crippen LogP contribution >= 0.6 is 0 Å².